The van der Waals surface area contributed by atoms with E-state index in [9.17, 15) is 9.18 Å². The normalized spacial score (nSPS) is 14.7. The van der Waals surface area contributed by atoms with Gasteiger partial charge in [-0.15, -0.1) is 0 Å². The van der Waals surface area contributed by atoms with E-state index in [4.69, 9.17) is 16.0 Å². The minimum Gasteiger partial charge on any atom is -0.387 e. The standard InChI is InChI=1S/C21H25FN6O2/c1-13(2)25-12-19(27-24)17-10-15(11-26-20(17)23)14-3-4-18(22)16(9-14)21(29)28-5-7-30-8-6-28/h3-4,9-13,24-25H,5-8H2,1-2H3,(H2,23,26)/b19-12-,27-24?. The molecule has 158 valence electrons. The molecule has 3 rings (SSSR count). The van der Waals surface area contributed by atoms with Gasteiger partial charge in [0.25, 0.3) is 5.91 Å². The van der Waals surface area contributed by atoms with Crippen molar-refractivity contribution in [2.75, 3.05) is 32.0 Å². The summed E-state index contributed by atoms with van der Waals surface area (Å²) in [5, 5.41) is 6.62. The van der Waals surface area contributed by atoms with E-state index < -0.39 is 5.82 Å². The molecule has 4 N–H and O–H groups in total. The summed E-state index contributed by atoms with van der Waals surface area (Å²) in [7, 11) is 0. The van der Waals surface area contributed by atoms with Crippen LogP contribution in [0, 0.1) is 11.3 Å². The molecule has 1 saturated heterocycles. The Morgan fingerprint density at radius 2 is 2.00 bits per heavy atom. The summed E-state index contributed by atoms with van der Waals surface area (Å²) in [5.74, 6) is -0.732. The average Bonchev–Trinajstić information content (AvgIpc) is 2.75. The Hall–Kier alpha value is -3.33. The monoisotopic (exact) mass is 412 g/mol. The van der Waals surface area contributed by atoms with E-state index >= 15 is 0 Å². The zero-order valence-corrected chi connectivity index (χ0v) is 17.0. The SMILES string of the molecule is CC(C)N/C=C(\N=N)c1cc(-c2ccc(F)c(C(=O)N3CCOCC3)c2)cnc1N. The quantitative estimate of drug-likeness (QED) is 0.630. The number of nitrogen functional groups attached to an aromatic ring is 1. The van der Waals surface area contributed by atoms with Crippen LogP contribution < -0.4 is 11.1 Å². The molecular formula is C21H25FN6O2. The Morgan fingerprint density at radius 1 is 1.30 bits per heavy atom. The number of carbonyl (C=O) groups is 1. The number of nitrogens with two attached hydrogens (primary N) is 1. The van der Waals surface area contributed by atoms with E-state index in [1.807, 2.05) is 13.8 Å². The lowest BCUT2D eigenvalue weighted by atomic mass is 10.0. The highest BCUT2D eigenvalue weighted by molar-refractivity contribution is 5.96. The lowest BCUT2D eigenvalue weighted by Gasteiger charge is -2.27. The van der Waals surface area contributed by atoms with Crippen molar-refractivity contribution in [3.05, 3.63) is 53.6 Å². The average molecular weight is 412 g/mol. The number of aromatic nitrogens is 1. The van der Waals surface area contributed by atoms with Gasteiger partial charge in [-0.3, -0.25) is 4.79 Å². The Morgan fingerprint density at radius 3 is 2.67 bits per heavy atom. The second kappa shape index (κ2) is 9.45. The van der Waals surface area contributed by atoms with Crippen LogP contribution in [0.1, 0.15) is 29.8 Å². The maximum absolute atomic E-state index is 14.4. The number of pyridine rings is 1. The summed E-state index contributed by atoms with van der Waals surface area (Å²) < 4.78 is 19.7. The van der Waals surface area contributed by atoms with Crippen LogP contribution >= 0.6 is 0 Å². The molecule has 2 aromatic rings. The molecule has 0 atom stereocenters. The van der Waals surface area contributed by atoms with Crippen LogP contribution in [0.15, 0.2) is 41.8 Å². The smallest absolute Gasteiger partial charge is 0.257 e. The first kappa shape index (κ1) is 21.4. The number of nitrogens with one attached hydrogen (secondary N) is 2. The molecule has 1 aromatic heterocycles. The minimum absolute atomic E-state index is 0.00445. The fraction of sp³-hybridized carbons (Fsp3) is 0.333. The number of anilines is 1. The highest BCUT2D eigenvalue weighted by atomic mass is 19.1. The predicted molar refractivity (Wildman–Crippen MR) is 112 cm³/mol. The van der Waals surface area contributed by atoms with Crippen molar-refractivity contribution < 1.29 is 13.9 Å². The zero-order chi connectivity index (χ0) is 21.7. The Labute approximate surface area is 174 Å². The molecular weight excluding hydrogens is 387 g/mol. The van der Waals surface area contributed by atoms with E-state index in [2.05, 4.69) is 15.4 Å². The number of morpholine rings is 1. The molecule has 1 aliphatic rings. The number of halogens is 1. The fourth-order valence-corrected chi connectivity index (χ4v) is 3.06. The highest BCUT2D eigenvalue weighted by Gasteiger charge is 2.22. The highest BCUT2D eigenvalue weighted by Crippen LogP contribution is 2.28. The topological polar surface area (TPSA) is 117 Å². The summed E-state index contributed by atoms with van der Waals surface area (Å²) in [6, 6.07) is 6.24. The maximum Gasteiger partial charge on any atom is 0.257 e. The van der Waals surface area contributed by atoms with Gasteiger partial charge in [0.2, 0.25) is 0 Å². The fourth-order valence-electron chi connectivity index (χ4n) is 3.06. The van der Waals surface area contributed by atoms with Crippen molar-refractivity contribution in [1.29, 1.82) is 5.53 Å². The van der Waals surface area contributed by atoms with Gasteiger partial charge in [0, 0.05) is 42.7 Å². The molecule has 2 heterocycles. The molecule has 1 fully saturated rings. The largest absolute Gasteiger partial charge is 0.387 e. The lowest BCUT2D eigenvalue weighted by Crippen LogP contribution is -2.41. The molecule has 1 amide bonds. The number of amides is 1. The predicted octanol–water partition coefficient (Wildman–Crippen LogP) is 3.27. The second-order valence-corrected chi connectivity index (χ2v) is 7.22. The van der Waals surface area contributed by atoms with Crippen LogP contribution in [0.4, 0.5) is 10.2 Å². The number of rotatable bonds is 6. The second-order valence-electron chi connectivity index (χ2n) is 7.22. The van der Waals surface area contributed by atoms with Crippen LogP contribution in [-0.4, -0.2) is 48.1 Å². The third-order valence-electron chi connectivity index (χ3n) is 4.70. The molecule has 9 heteroatoms. The number of nitrogens with zero attached hydrogens (tertiary/aromatic N) is 3. The van der Waals surface area contributed by atoms with Gasteiger partial charge >= 0.3 is 0 Å². The lowest BCUT2D eigenvalue weighted by molar-refractivity contribution is 0.0300. The van der Waals surface area contributed by atoms with Crippen molar-refractivity contribution in [3.63, 3.8) is 0 Å². The van der Waals surface area contributed by atoms with Crippen molar-refractivity contribution in [3.8, 4) is 11.1 Å². The molecule has 0 saturated carbocycles. The van der Waals surface area contributed by atoms with Gasteiger partial charge in [0.1, 0.15) is 17.3 Å². The number of hydrogen-bond donors (Lipinski definition) is 3. The van der Waals surface area contributed by atoms with E-state index in [-0.39, 0.29) is 23.3 Å². The van der Waals surface area contributed by atoms with Crippen LogP contribution in [-0.2, 0) is 4.74 Å². The van der Waals surface area contributed by atoms with Gasteiger partial charge in [0.15, 0.2) is 0 Å². The molecule has 8 nitrogen and oxygen atoms in total. The molecule has 1 aromatic carbocycles. The maximum atomic E-state index is 14.4. The molecule has 0 unspecified atom stereocenters. The number of benzene rings is 1. The third-order valence-corrected chi connectivity index (χ3v) is 4.70. The molecule has 0 aliphatic carbocycles. The van der Waals surface area contributed by atoms with Gasteiger partial charge in [-0.25, -0.2) is 14.9 Å². The molecule has 0 bridgehead atoms. The number of ether oxygens (including phenoxy) is 1. The first-order valence-corrected chi connectivity index (χ1v) is 9.67. The van der Waals surface area contributed by atoms with Crippen molar-refractivity contribution in [1.82, 2.24) is 15.2 Å². The van der Waals surface area contributed by atoms with Gasteiger partial charge in [-0.2, -0.15) is 5.11 Å². The summed E-state index contributed by atoms with van der Waals surface area (Å²) in [6.07, 6.45) is 3.15. The minimum atomic E-state index is -0.582. The summed E-state index contributed by atoms with van der Waals surface area (Å²) >= 11 is 0. The summed E-state index contributed by atoms with van der Waals surface area (Å²) in [5.41, 5.74) is 15.5. The van der Waals surface area contributed by atoms with E-state index in [0.717, 1.165) is 0 Å². The number of hydrogen-bond acceptors (Lipinski definition) is 7. The first-order valence-electron chi connectivity index (χ1n) is 9.67. The molecule has 1 aliphatic heterocycles. The van der Waals surface area contributed by atoms with Gasteiger partial charge in [0.05, 0.1) is 18.8 Å². The Kier molecular flexibility index (Phi) is 6.73. The van der Waals surface area contributed by atoms with Gasteiger partial charge in [-0.05, 0) is 37.6 Å². The third kappa shape index (κ3) is 4.80. The van der Waals surface area contributed by atoms with Crippen molar-refractivity contribution in [2.45, 2.75) is 19.9 Å². The van der Waals surface area contributed by atoms with Crippen LogP contribution in [0.25, 0.3) is 16.8 Å². The summed E-state index contributed by atoms with van der Waals surface area (Å²) in [6.45, 7) is 5.66. The number of carbonyl (C=O) groups excluding carboxylic acids is 1. The Bertz CT molecular complexity index is 970. The van der Waals surface area contributed by atoms with E-state index in [0.29, 0.717) is 48.7 Å². The Balaban J connectivity index is 1.97. The van der Waals surface area contributed by atoms with Crippen LogP contribution in [0.3, 0.4) is 0 Å². The summed E-state index contributed by atoms with van der Waals surface area (Å²) in [4.78, 5) is 18.5. The van der Waals surface area contributed by atoms with E-state index in [1.54, 1.807) is 29.4 Å². The molecule has 0 radical (unpaired) electrons. The first-order chi connectivity index (χ1) is 14.4. The van der Waals surface area contributed by atoms with E-state index in [1.165, 1.54) is 12.1 Å². The van der Waals surface area contributed by atoms with Gasteiger partial charge in [-0.1, -0.05) is 6.07 Å². The van der Waals surface area contributed by atoms with Crippen molar-refractivity contribution >= 4 is 17.4 Å². The van der Waals surface area contributed by atoms with Gasteiger partial charge < -0.3 is 20.7 Å². The zero-order valence-electron chi connectivity index (χ0n) is 17.0. The molecule has 0 spiro atoms. The van der Waals surface area contributed by atoms with Crippen LogP contribution in [0.2, 0.25) is 0 Å². The molecule has 30 heavy (non-hydrogen) atoms. The van der Waals surface area contributed by atoms with Crippen LogP contribution in [0.5, 0.6) is 0 Å². The van der Waals surface area contributed by atoms with Crippen molar-refractivity contribution in [2.24, 2.45) is 5.11 Å².